The molecule has 2 aromatic rings. The first-order chi connectivity index (χ1) is 9.46. The van der Waals surface area contributed by atoms with Crippen molar-refractivity contribution in [3.05, 3.63) is 30.1 Å². The molecule has 20 heavy (non-hydrogen) atoms. The lowest BCUT2D eigenvalue weighted by Gasteiger charge is -2.17. The maximum atomic E-state index is 12.8. The Kier molecular flexibility index (Phi) is 3.20. The van der Waals surface area contributed by atoms with Crippen molar-refractivity contribution in [3.63, 3.8) is 0 Å². The first-order valence-corrected chi connectivity index (χ1v) is 6.68. The second-order valence-electron chi connectivity index (χ2n) is 5.40. The molecule has 6 heteroatoms. The number of imidazole rings is 1. The van der Waals surface area contributed by atoms with E-state index >= 15 is 0 Å². The number of nitrogens with zero attached hydrogens (tertiary/aromatic N) is 2. The Hall–Kier alpha value is -1.56. The number of alkyl halides is 3. The summed E-state index contributed by atoms with van der Waals surface area (Å²) in [4.78, 5) is 4.45. The Balaban J connectivity index is 2.12. The van der Waals surface area contributed by atoms with Crippen molar-refractivity contribution in [2.24, 2.45) is 5.92 Å². The molecule has 3 rings (SSSR count). The topological polar surface area (TPSA) is 29.9 Å². The lowest BCUT2D eigenvalue weighted by Crippen LogP contribution is -2.22. The van der Waals surface area contributed by atoms with Crippen LogP contribution < -0.4 is 5.32 Å². The molecule has 0 amide bonds. The monoisotopic (exact) mass is 283 g/mol. The van der Waals surface area contributed by atoms with E-state index in [-0.39, 0.29) is 5.92 Å². The van der Waals surface area contributed by atoms with Crippen LogP contribution in [0.25, 0.3) is 11.0 Å². The van der Waals surface area contributed by atoms with Gasteiger partial charge >= 0.3 is 6.18 Å². The van der Waals surface area contributed by atoms with Gasteiger partial charge in [-0.15, -0.1) is 0 Å². The molecule has 3 nitrogen and oxygen atoms in total. The third-order valence-electron chi connectivity index (χ3n) is 3.87. The van der Waals surface area contributed by atoms with E-state index in [4.69, 9.17) is 0 Å². The number of aromatic nitrogens is 2. The minimum atomic E-state index is -4.24. The lowest BCUT2D eigenvalue weighted by molar-refractivity contribution is -0.140. The van der Waals surface area contributed by atoms with E-state index in [2.05, 4.69) is 10.3 Å². The molecule has 0 radical (unpaired) electrons. The largest absolute Gasteiger partial charge is 0.406 e. The van der Waals surface area contributed by atoms with Gasteiger partial charge in [-0.2, -0.15) is 13.2 Å². The molecule has 1 aliphatic rings. The van der Waals surface area contributed by atoms with Crippen LogP contribution in [0, 0.1) is 5.92 Å². The summed E-state index contributed by atoms with van der Waals surface area (Å²) in [6.45, 7) is 2.57. The third kappa shape index (κ3) is 2.40. The van der Waals surface area contributed by atoms with Crippen molar-refractivity contribution < 1.29 is 13.2 Å². The summed E-state index contributed by atoms with van der Waals surface area (Å²) in [6, 6.07) is 7.01. The maximum Gasteiger partial charge on any atom is 0.406 e. The van der Waals surface area contributed by atoms with Crippen molar-refractivity contribution in [3.8, 4) is 0 Å². The van der Waals surface area contributed by atoms with Gasteiger partial charge in [0, 0.05) is 12.5 Å². The van der Waals surface area contributed by atoms with Crippen LogP contribution in [0.5, 0.6) is 0 Å². The van der Waals surface area contributed by atoms with Gasteiger partial charge in [0.25, 0.3) is 0 Å². The summed E-state index contributed by atoms with van der Waals surface area (Å²) in [5.41, 5.74) is 1.18. The maximum absolute atomic E-state index is 12.8. The van der Waals surface area contributed by atoms with Crippen molar-refractivity contribution in [1.82, 2.24) is 14.9 Å². The Morgan fingerprint density at radius 1 is 1.30 bits per heavy atom. The average molecular weight is 283 g/mol. The minimum absolute atomic E-state index is 0.0322. The highest BCUT2D eigenvalue weighted by atomic mass is 19.4. The summed E-state index contributed by atoms with van der Waals surface area (Å²) in [5, 5.41) is 3.22. The molecule has 108 valence electrons. The van der Waals surface area contributed by atoms with Crippen LogP contribution in [0.4, 0.5) is 13.2 Å². The predicted molar refractivity (Wildman–Crippen MR) is 70.6 cm³/mol. The van der Waals surface area contributed by atoms with Crippen molar-refractivity contribution in [2.75, 3.05) is 13.1 Å². The molecule has 1 aliphatic heterocycles. The smallest absolute Gasteiger partial charge is 0.318 e. The van der Waals surface area contributed by atoms with E-state index in [0.717, 1.165) is 6.54 Å². The van der Waals surface area contributed by atoms with Gasteiger partial charge in [0.1, 0.15) is 12.4 Å². The molecule has 0 aliphatic carbocycles. The van der Waals surface area contributed by atoms with E-state index in [0.29, 0.717) is 29.3 Å². The van der Waals surface area contributed by atoms with Gasteiger partial charge in [0.15, 0.2) is 0 Å². The van der Waals surface area contributed by atoms with E-state index in [1.807, 2.05) is 6.92 Å². The molecular formula is C14H16F3N3. The van der Waals surface area contributed by atoms with Gasteiger partial charge < -0.3 is 9.88 Å². The molecule has 1 saturated heterocycles. The standard InChI is InChI=1S/C14H16F3N3/c1-9-6-18-7-10(9)13-19-11-4-2-3-5-12(11)20(13)8-14(15,16)17/h2-5,9-10,18H,6-8H2,1H3/t9-,10-/m1/s1. The van der Waals surface area contributed by atoms with Crippen LogP contribution in [0.15, 0.2) is 24.3 Å². The summed E-state index contributed by atoms with van der Waals surface area (Å²) in [6.07, 6.45) is -4.24. The number of hydrogen-bond donors (Lipinski definition) is 1. The first-order valence-electron chi connectivity index (χ1n) is 6.68. The average Bonchev–Trinajstić information content (AvgIpc) is 2.92. The fraction of sp³-hybridized carbons (Fsp3) is 0.500. The van der Waals surface area contributed by atoms with E-state index in [9.17, 15) is 13.2 Å². The third-order valence-corrected chi connectivity index (χ3v) is 3.87. The summed E-state index contributed by atoms with van der Waals surface area (Å²) in [7, 11) is 0. The molecule has 2 heterocycles. The molecule has 0 unspecified atom stereocenters. The number of nitrogens with one attached hydrogen (secondary N) is 1. The normalized spacial score (nSPS) is 23.6. The highest BCUT2D eigenvalue weighted by molar-refractivity contribution is 5.76. The van der Waals surface area contributed by atoms with Crippen LogP contribution in [0.1, 0.15) is 18.7 Å². The molecule has 1 aromatic carbocycles. The van der Waals surface area contributed by atoms with Crippen molar-refractivity contribution in [1.29, 1.82) is 0 Å². The number of rotatable bonds is 2. The quantitative estimate of drug-likeness (QED) is 0.918. The number of benzene rings is 1. The summed E-state index contributed by atoms with van der Waals surface area (Å²) >= 11 is 0. The summed E-state index contributed by atoms with van der Waals surface area (Å²) < 4.78 is 39.9. The highest BCUT2D eigenvalue weighted by Gasteiger charge is 2.34. The molecule has 1 aromatic heterocycles. The minimum Gasteiger partial charge on any atom is -0.318 e. The first kappa shape index (κ1) is 13.4. The molecular weight excluding hydrogens is 267 g/mol. The van der Waals surface area contributed by atoms with Gasteiger partial charge in [-0.1, -0.05) is 19.1 Å². The zero-order chi connectivity index (χ0) is 14.3. The lowest BCUT2D eigenvalue weighted by atomic mass is 9.97. The zero-order valence-corrected chi connectivity index (χ0v) is 11.1. The Bertz CT molecular complexity index is 618. The van der Waals surface area contributed by atoms with E-state index in [1.165, 1.54) is 4.57 Å². The van der Waals surface area contributed by atoms with Crippen LogP contribution in [-0.2, 0) is 6.54 Å². The fourth-order valence-corrected chi connectivity index (χ4v) is 2.88. The number of halogens is 3. The Morgan fingerprint density at radius 3 is 2.70 bits per heavy atom. The molecule has 0 saturated carbocycles. The predicted octanol–water partition coefficient (Wildman–Crippen LogP) is 2.92. The molecule has 2 atom stereocenters. The van der Waals surface area contributed by atoms with Crippen molar-refractivity contribution >= 4 is 11.0 Å². The SMILES string of the molecule is C[C@@H]1CNC[C@H]1c1nc2ccccc2n1CC(F)(F)F. The number of fused-ring (bicyclic) bond motifs is 1. The van der Waals surface area contributed by atoms with Crippen LogP contribution in [0.3, 0.4) is 0 Å². The summed E-state index contributed by atoms with van der Waals surface area (Å²) in [5.74, 6) is 0.865. The molecule has 0 spiro atoms. The van der Waals surface area contributed by atoms with Gasteiger partial charge in [-0.25, -0.2) is 4.98 Å². The second-order valence-corrected chi connectivity index (χ2v) is 5.40. The number of para-hydroxylation sites is 2. The Morgan fingerprint density at radius 2 is 2.05 bits per heavy atom. The van der Waals surface area contributed by atoms with Gasteiger partial charge in [0.05, 0.1) is 11.0 Å². The molecule has 1 N–H and O–H groups in total. The fourth-order valence-electron chi connectivity index (χ4n) is 2.88. The highest BCUT2D eigenvalue weighted by Crippen LogP contribution is 2.32. The molecule has 1 fully saturated rings. The Labute approximate surface area is 114 Å². The number of hydrogen-bond acceptors (Lipinski definition) is 2. The van der Waals surface area contributed by atoms with E-state index in [1.54, 1.807) is 24.3 Å². The van der Waals surface area contributed by atoms with Crippen molar-refractivity contribution in [2.45, 2.75) is 25.6 Å². The molecule has 0 bridgehead atoms. The van der Waals surface area contributed by atoms with Crippen LogP contribution in [-0.4, -0.2) is 28.8 Å². The van der Waals surface area contributed by atoms with Gasteiger partial charge in [-0.05, 0) is 24.6 Å². The second kappa shape index (κ2) is 4.77. The van der Waals surface area contributed by atoms with Gasteiger partial charge in [0.2, 0.25) is 0 Å². The van der Waals surface area contributed by atoms with Gasteiger partial charge in [-0.3, -0.25) is 0 Å². The van der Waals surface area contributed by atoms with E-state index < -0.39 is 12.7 Å². The van der Waals surface area contributed by atoms with Crippen LogP contribution in [0.2, 0.25) is 0 Å². The zero-order valence-electron chi connectivity index (χ0n) is 11.1. The van der Waals surface area contributed by atoms with Crippen LogP contribution >= 0.6 is 0 Å².